The van der Waals surface area contributed by atoms with Gasteiger partial charge >= 0.3 is 0 Å². The van der Waals surface area contributed by atoms with Crippen molar-refractivity contribution in [3.63, 3.8) is 0 Å². The lowest BCUT2D eigenvalue weighted by Crippen LogP contribution is -2.41. The maximum absolute atomic E-state index is 10.8. The predicted molar refractivity (Wildman–Crippen MR) is 97.4 cm³/mol. The molecule has 0 spiro atoms. The Balaban J connectivity index is 1.81. The fourth-order valence-corrected chi connectivity index (χ4v) is 3.35. The molecule has 0 aliphatic carbocycles. The summed E-state index contributed by atoms with van der Waals surface area (Å²) in [6.07, 6.45) is 3.98. The van der Waals surface area contributed by atoms with Crippen LogP contribution in [0.4, 0.5) is 0 Å². The lowest BCUT2D eigenvalue weighted by atomic mass is 10.0. The third kappa shape index (κ3) is 5.96. The van der Waals surface area contributed by atoms with E-state index in [0.717, 1.165) is 25.2 Å². The Bertz CT molecular complexity index is 553. The minimum absolute atomic E-state index is 0.160. The van der Waals surface area contributed by atoms with Crippen LogP contribution in [0.5, 0.6) is 5.75 Å². The molecule has 0 unspecified atom stereocenters. The van der Waals surface area contributed by atoms with Crippen LogP contribution in [0.1, 0.15) is 31.7 Å². The molecule has 1 heterocycles. The molecule has 0 radical (unpaired) electrons. The van der Waals surface area contributed by atoms with Crippen LogP contribution in [-0.2, 0) is 11.3 Å². The number of nitrogens with zero attached hydrogens (tertiary/aromatic N) is 2. The third-order valence-corrected chi connectivity index (χ3v) is 4.82. The zero-order valence-electron chi connectivity index (χ0n) is 14.6. The number of hydrogen-bond acceptors (Lipinski definition) is 4. The molecule has 2 rings (SSSR count). The van der Waals surface area contributed by atoms with E-state index in [1.165, 1.54) is 25.8 Å². The molecule has 2 N–H and O–H groups in total. The maximum atomic E-state index is 10.8. The number of piperidine rings is 1. The first-order valence-corrected chi connectivity index (χ1v) is 8.95. The highest BCUT2D eigenvalue weighted by atomic mass is 35.5. The highest BCUT2D eigenvalue weighted by Crippen LogP contribution is 2.26. The quantitative estimate of drug-likeness (QED) is 0.780. The minimum Gasteiger partial charge on any atom is -0.482 e. The topological polar surface area (TPSA) is 58.8 Å². The summed E-state index contributed by atoms with van der Waals surface area (Å²) in [7, 11) is 2.13. The molecule has 1 aliphatic heterocycles. The van der Waals surface area contributed by atoms with Crippen molar-refractivity contribution in [2.75, 3.05) is 33.3 Å². The summed E-state index contributed by atoms with van der Waals surface area (Å²) < 4.78 is 5.27. The van der Waals surface area contributed by atoms with Crippen molar-refractivity contribution in [3.05, 3.63) is 28.8 Å². The molecular weight excluding hydrogens is 326 g/mol. The molecule has 1 aromatic rings. The first kappa shape index (κ1) is 19.0. The molecule has 5 nitrogen and oxygen atoms in total. The van der Waals surface area contributed by atoms with E-state index in [1.807, 2.05) is 12.1 Å². The van der Waals surface area contributed by atoms with Crippen molar-refractivity contribution >= 4 is 17.5 Å². The molecular formula is C18H28ClN3O2. The van der Waals surface area contributed by atoms with E-state index >= 15 is 0 Å². The number of amides is 1. The summed E-state index contributed by atoms with van der Waals surface area (Å²) in [5, 5.41) is 0.506. The molecule has 6 heteroatoms. The SMILES string of the molecule is C[C@H]1CCCCN1CCN(C)Cc1ccc(OCC(N)=O)c(Cl)c1. The molecule has 1 aromatic carbocycles. The van der Waals surface area contributed by atoms with Crippen molar-refractivity contribution in [3.8, 4) is 5.75 Å². The van der Waals surface area contributed by atoms with Gasteiger partial charge in [-0.25, -0.2) is 0 Å². The van der Waals surface area contributed by atoms with Gasteiger partial charge in [0.25, 0.3) is 5.91 Å². The van der Waals surface area contributed by atoms with E-state index in [1.54, 1.807) is 6.07 Å². The average molecular weight is 354 g/mol. The standard InChI is InChI=1S/C18H28ClN3O2/c1-14-5-3-4-8-22(14)10-9-21(2)12-15-6-7-17(16(19)11-15)24-13-18(20)23/h6-7,11,14H,3-5,8-10,12-13H2,1-2H3,(H2,20,23)/t14-/m0/s1. The second-order valence-corrected chi connectivity index (χ2v) is 7.05. The van der Waals surface area contributed by atoms with Gasteiger partial charge in [-0.05, 0) is 51.1 Å². The first-order chi connectivity index (χ1) is 11.5. The Morgan fingerprint density at radius 2 is 2.25 bits per heavy atom. The van der Waals surface area contributed by atoms with E-state index in [-0.39, 0.29) is 6.61 Å². The van der Waals surface area contributed by atoms with Gasteiger partial charge in [0.15, 0.2) is 6.61 Å². The molecule has 1 saturated heterocycles. The molecule has 0 bridgehead atoms. The Morgan fingerprint density at radius 1 is 1.46 bits per heavy atom. The number of hydrogen-bond donors (Lipinski definition) is 1. The van der Waals surface area contributed by atoms with E-state index < -0.39 is 5.91 Å². The number of nitrogens with two attached hydrogens (primary N) is 1. The van der Waals surface area contributed by atoms with Crippen LogP contribution < -0.4 is 10.5 Å². The number of benzene rings is 1. The number of primary amides is 1. The van der Waals surface area contributed by atoms with E-state index in [4.69, 9.17) is 22.1 Å². The number of ether oxygens (including phenoxy) is 1. The summed E-state index contributed by atoms with van der Waals surface area (Å²) in [5.41, 5.74) is 6.20. The van der Waals surface area contributed by atoms with Gasteiger partial charge in [-0.15, -0.1) is 0 Å². The number of rotatable bonds is 8. The smallest absolute Gasteiger partial charge is 0.255 e. The summed E-state index contributed by atoms with van der Waals surface area (Å²) in [5.74, 6) is -0.0224. The van der Waals surface area contributed by atoms with Gasteiger partial charge in [0.05, 0.1) is 5.02 Å². The van der Waals surface area contributed by atoms with Crippen molar-refractivity contribution in [1.29, 1.82) is 0 Å². The van der Waals surface area contributed by atoms with Crippen molar-refractivity contribution in [2.24, 2.45) is 5.73 Å². The third-order valence-electron chi connectivity index (χ3n) is 4.53. The Morgan fingerprint density at radius 3 is 2.92 bits per heavy atom. The minimum atomic E-state index is -0.512. The number of carbonyl (C=O) groups is 1. The van der Waals surface area contributed by atoms with Crippen LogP contribution in [0.25, 0.3) is 0 Å². The van der Waals surface area contributed by atoms with Crippen LogP contribution in [0.15, 0.2) is 18.2 Å². The van der Waals surface area contributed by atoms with Gasteiger partial charge < -0.3 is 15.4 Å². The fraction of sp³-hybridized carbons (Fsp3) is 0.611. The van der Waals surface area contributed by atoms with Gasteiger partial charge in [0.2, 0.25) is 0 Å². The van der Waals surface area contributed by atoms with Crippen molar-refractivity contribution < 1.29 is 9.53 Å². The molecule has 1 atom stereocenters. The van der Waals surface area contributed by atoms with E-state index in [2.05, 4.69) is 23.8 Å². The highest BCUT2D eigenvalue weighted by Gasteiger charge is 2.18. The second kappa shape index (κ2) is 9.25. The monoisotopic (exact) mass is 353 g/mol. The molecule has 24 heavy (non-hydrogen) atoms. The van der Waals surface area contributed by atoms with Crippen LogP contribution in [0.3, 0.4) is 0 Å². The second-order valence-electron chi connectivity index (χ2n) is 6.64. The van der Waals surface area contributed by atoms with Crippen molar-refractivity contribution in [1.82, 2.24) is 9.80 Å². The Labute approximate surface area is 149 Å². The van der Waals surface area contributed by atoms with E-state index in [9.17, 15) is 4.79 Å². The largest absolute Gasteiger partial charge is 0.482 e. The Hall–Kier alpha value is -1.30. The highest BCUT2D eigenvalue weighted by molar-refractivity contribution is 6.32. The zero-order chi connectivity index (χ0) is 17.5. The lowest BCUT2D eigenvalue weighted by Gasteiger charge is -2.34. The Kier molecular flexibility index (Phi) is 7.34. The molecule has 134 valence electrons. The molecule has 0 saturated carbocycles. The summed E-state index contributed by atoms with van der Waals surface area (Å²) in [6.45, 7) is 6.34. The van der Waals surface area contributed by atoms with Gasteiger partial charge in [0.1, 0.15) is 5.75 Å². The lowest BCUT2D eigenvalue weighted by molar-refractivity contribution is -0.119. The predicted octanol–water partition coefficient (Wildman–Crippen LogP) is 2.51. The number of halogens is 1. The molecule has 0 aromatic heterocycles. The van der Waals surface area contributed by atoms with Gasteiger partial charge in [0, 0.05) is 25.7 Å². The van der Waals surface area contributed by atoms with Crippen LogP contribution >= 0.6 is 11.6 Å². The average Bonchev–Trinajstić information content (AvgIpc) is 2.53. The molecule has 1 amide bonds. The summed E-state index contributed by atoms with van der Waals surface area (Å²) in [6, 6.07) is 6.35. The maximum Gasteiger partial charge on any atom is 0.255 e. The molecule has 1 aliphatic rings. The van der Waals surface area contributed by atoms with Crippen LogP contribution in [0.2, 0.25) is 5.02 Å². The number of carbonyl (C=O) groups excluding carboxylic acids is 1. The van der Waals surface area contributed by atoms with Gasteiger partial charge in [-0.2, -0.15) is 0 Å². The van der Waals surface area contributed by atoms with Gasteiger partial charge in [-0.3, -0.25) is 9.69 Å². The number of likely N-dealkylation sites (tertiary alicyclic amines) is 1. The summed E-state index contributed by atoms with van der Waals surface area (Å²) in [4.78, 5) is 15.6. The van der Waals surface area contributed by atoms with Gasteiger partial charge in [-0.1, -0.05) is 24.1 Å². The van der Waals surface area contributed by atoms with Crippen LogP contribution in [-0.4, -0.2) is 55.0 Å². The number of likely N-dealkylation sites (N-methyl/N-ethyl adjacent to an activating group) is 1. The van der Waals surface area contributed by atoms with E-state index in [0.29, 0.717) is 16.8 Å². The fourth-order valence-electron chi connectivity index (χ4n) is 3.09. The van der Waals surface area contributed by atoms with Crippen LogP contribution in [0, 0.1) is 0 Å². The van der Waals surface area contributed by atoms with Crippen molar-refractivity contribution in [2.45, 2.75) is 38.8 Å². The molecule has 1 fully saturated rings. The first-order valence-electron chi connectivity index (χ1n) is 8.58. The zero-order valence-corrected chi connectivity index (χ0v) is 15.4. The summed E-state index contributed by atoms with van der Waals surface area (Å²) >= 11 is 6.21. The normalized spacial score (nSPS) is 18.8.